The van der Waals surface area contributed by atoms with Crippen LogP contribution in [0, 0.1) is 11.6 Å². The number of halogens is 3. The smallest absolute Gasteiger partial charge is 0.204 e. The molecule has 0 spiro atoms. The fourth-order valence-electron chi connectivity index (χ4n) is 0.556. The van der Waals surface area contributed by atoms with Crippen LogP contribution in [0.5, 0.6) is 5.75 Å². The molecule has 0 aliphatic rings. The van der Waals surface area contributed by atoms with Gasteiger partial charge in [0.25, 0.3) is 0 Å². The van der Waals surface area contributed by atoms with Crippen LogP contribution in [0.15, 0.2) is 18.2 Å². The Balaban J connectivity index is 3.17. The third-order valence-corrected chi connectivity index (χ3v) is 1.44. The second kappa shape index (κ2) is 3.14. The number of benzene rings is 1. The van der Waals surface area contributed by atoms with E-state index in [0.29, 0.717) is 0 Å². The van der Waals surface area contributed by atoms with Crippen molar-refractivity contribution in [2.45, 2.75) is 0 Å². The Kier molecular flexibility index (Phi) is 2.42. The molecule has 0 heterocycles. The third kappa shape index (κ3) is 1.36. The molecular weight excluding hydrogens is 253 g/mol. The van der Waals surface area contributed by atoms with Gasteiger partial charge in [-0.2, -0.15) is 0 Å². The van der Waals surface area contributed by atoms with Gasteiger partial charge in [0.2, 0.25) is 5.75 Å². The molecule has 1 aromatic rings. The Bertz CT molecular complexity index is 219. The van der Waals surface area contributed by atoms with E-state index in [0.717, 1.165) is 12.1 Å². The molecule has 0 aliphatic heterocycles. The number of rotatable bonds is 1. The average Bonchev–Trinajstić information content (AvgIpc) is 1.88. The minimum atomic E-state index is -0.686. The molecule has 1 aromatic carbocycles. The van der Waals surface area contributed by atoms with Crippen LogP contribution in [0.25, 0.3) is 0 Å². The molecule has 0 N–H and O–H groups in total. The van der Waals surface area contributed by atoms with Crippen LogP contribution in [-0.4, -0.2) is 0 Å². The maximum Gasteiger partial charge on any atom is 0.204 e. The molecule has 10 heavy (non-hydrogen) atoms. The molecular formula is C6H3F2IO. The lowest BCUT2D eigenvalue weighted by molar-refractivity contribution is 0.510. The SMILES string of the molecule is Fc1cccc(F)c1OI. The second-order valence-electron chi connectivity index (χ2n) is 1.63. The molecule has 0 aromatic heterocycles. The zero-order chi connectivity index (χ0) is 7.56. The molecule has 0 radical (unpaired) electrons. The van der Waals surface area contributed by atoms with Crippen LogP contribution in [-0.2, 0) is 0 Å². The number of para-hydroxylation sites is 1. The van der Waals surface area contributed by atoms with Crippen molar-refractivity contribution in [3.8, 4) is 5.75 Å². The van der Waals surface area contributed by atoms with Gasteiger partial charge in [-0.15, -0.1) is 0 Å². The topological polar surface area (TPSA) is 9.23 Å². The lowest BCUT2D eigenvalue weighted by atomic mass is 10.3. The highest BCUT2D eigenvalue weighted by Gasteiger charge is 2.07. The third-order valence-electron chi connectivity index (χ3n) is 0.996. The van der Waals surface area contributed by atoms with Gasteiger partial charge in [0, 0.05) is 0 Å². The van der Waals surface area contributed by atoms with E-state index in [9.17, 15) is 8.78 Å². The van der Waals surface area contributed by atoms with Crippen molar-refractivity contribution in [3.05, 3.63) is 29.8 Å². The van der Waals surface area contributed by atoms with Crippen molar-refractivity contribution < 1.29 is 11.8 Å². The van der Waals surface area contributed by atoms with Crippen LogP contribution in [0.3, 0.4) is 0 Å². The Hall–Kier alpha value is -0.390. The standard InChI is InChI=1S/C6H3F2IO/c7-4-2-1-3-5(8)6(4)10-9/h1-3H. The Labute approximate surface area is 70.7 Å². The van der Waals surface area contributed by atoms with Crippen molar-refractivity contribution in [1.82, 2.24) is 0 Å². The zero-order valence-corrected chi connectivity index (χ0v) is 6.93. The summed E-state index contributed by atoms with van der Waals surface area (Å²) in [6.07, 6.45) is 0. The van der Waals surface area contributed by atoms with E-state index in [1.54, 1.807) is 0 Å². The van der Waals surface area contributed by atoms with Crippen molar-refractivity contribution in [1.29, 1.82) is 0 Å². The Morgan fingerprint density at radius 2 is 1.70 bits per heavy atom. The minimum absolute atomic E-state index is 0.344. The van der Waals surface area contributed by atoms with E-state index in [2.05, 4.69) is 3.07 Å². The monoisotopic (exact) mass is 256 g/mol. The Morgan fingerprint density at radius 1 is 1.20 bits per heavy atom. The van der Waals surface area contributed by atoms with Crippen molar-refractivity contribution in [2.24, 2.45) is 0 Å². The second-order valence-corrected chi connectivity index (χ2v) is 2.07. The first-order chi connectivity index (χ1) is 4.75. The van der Waals surface area contributed by atoms with Crippen molar-refractivity contribution in [3.63, 3.8) is 0 Å². The molecule has 0 aliphatic carbocycles. The quantitative estimate of drug-likeness (QED) is 0.702. The summed E-state index contributed by atoms with van der Waals surface area (Å²) < 4.78 is 29.4. The molecule has 1 nitrogen and oxygen atoms in total. The summed E-state index contributed by atoms with van der Waals surface area (Å²) in [5, 5.41) is 0. The maximum absolute atomic E-state index is 12.5. The van der Waals surface area contributed by atoms with Crippen molar-refractivity contribution >= 4 is 23.0 Å². The highest BCUT2D eigenvalue weighted by atomic mass is 127. The molecule has 0 bridgehead atoms. The van der Waals surface area contributed by atoms with Gasteiger partial charge in [0.1, 0.15) is 0 Å². The molecule has 0 unspecified atom stereocenters. The molecule has 4 heteroatoms. The fourth-order valence-corrected chi connectivity index (χ4v) is 0.977. The van der Waals surface area contributed by atoms with Gasteiger partial charge in [-0.3, -0.25) is 0 Å². The van der Waals surface area contributed by atoms with E-state index < -0.39 is 11.6 Å². The van der Waals surface area contributed by atoms with Crippen LogP contribution in [0.4, 0.5) is 8.78 Å². The lowest BCUT2D eigenvalue weighted by Gasteiger charge is -1.98. The first-order valence-corrected chi connectivity index (χ1v) is 3.36. The summed E-state index contributed by atoms with van der Waals surface area (Å²) in [6.45, 7) is 0. The summed E-state index contributed by atoms with van der Waals surface area (Å²) in [5.74, 6) is -1.72. The predicted octanol–water partition coefficient (Wildman–Crippen LogP) is 2.69. The van der Waals surface area contributed by atoms with Gasteiger partial charge in [0.15, 0.2) is 34.6 Å². The van der Waals surface area contributed by atoms with Gasteiger partial charge >= 0.3 is 0 Å². The van der Waals surface area contributed by atoms with Gasteiger partial charge < -0.3 is 3.07 Å². The average molecular weight is 256 g/mol. The summed E-state index contributed by atoms with van der Waals surface area (Å²) in [6, 6.07) is 3.55. The molecule has 0 saturated carbocycles. The maximum atomic E-state index is 12.5. The first kappa shape index (κ1) is 7.71. The first-order valence-electron chi connectivity index (χ1n) is 2.48. The molecule has 1 rings (SSSR count). The van der Waals surface area contributed by atoms with Gasteiger partial charge in [-0.1, -0.05) is 6.07 Å². The largest absolute Gasteiger partial charge is 0.421 e. The predicted molar refractivity (Wildman–Crippen MR) is 41.0 cm³/mol. The van der Waals surface area contributed by atoms with Crippen LogP contribution in [0.1, 0.15) is 0 Å². The lowest BCUT2D eigenvalue weighted by Crippen LogP contribution is -1.85. The van der Waals surface area contributed by atoms with E-state index in [-0.39, 0.29) is 5.75 Å². The highest BCUT2D eigenvalue weighted by molar-refractivity contribution is 14.1. The van der Waals surface area contributed by atoms with Crippen molar-refractivity contribution in [2.75, 3.05) is 0 Å². The zero-order valence-electron chi connectivity index (χ0n) is 4.77. The number of hydrogen-bond donors (Lipinski definition) is 0. The summed E-state index contributed by atoms with van der Waals surface area (Å²) in [4.78, 5) is 0. The van der Waals surface area contributed by atoms with Crippen LogP contribution in [0.2, 0.25) is 0 Å². The van der Waals surface area contributed by atoms with E-state index in [4.69, 9.17) is 0 Å². The molecule has 0 atom stereocenters. The Morgan fingerprint density at radius 3 is 2.00 bits per heavy atom. The molecule has 0 amide bonds. The summed E-state index contributed by atoms with van der Waals surface area (Å²) >= 11 is 1.42. The normalized spacial score (nSPS) is 9.50. The molecule has 0 saturated heterocycles. The van der Waals surface area contributed by atoms with Gasteiger partial charge in [-0.25, -0.2) is 8.78 Å². The summed E-state index contributed by atoms with van der Waals surface area (Å²) in [5.41, 5.74) is 0. The molecule has 54 valence electrons. The van der Waals surface area contributed by atoms with Gasteiger partial charge in [0.05, 0.1) is 0 Å². The van der Waals surface area contributed by atoms with Crippen LogP contribution >= 0.6 is 23.0 Å². The highest BCUT2D eigenvalue weighted by Crippen LogP contribution is 2.22. The summed E-state index contributed by atoms with van der Waals surface area (Å²) in [7, 11) is 0. The fraction of sp³-hybridized carbons (Fsp3) is 0. The van der Waals surface area contributed by atoms with E-state index in [1.165, 1.54) is 29.1 Å². The van der Waals surface area contributed by atoms with E-state index in [1.807, 2.05) is 0 Å². The number of hydrogen-bond acceptors (Lipinski definition) is 1. The van der Waals surface area contributed by atoms with E-state index >= 15 is 0 Å². The van der Waals surface area contributed by atoms with Crippen LogP contribution < -0.4 is 3.07 Å². The van der Waals surface area contributed by atoms with Gasteiger partial charge in [-0.05, 0) is 12.1 Å². The molecule has 0 fully saturated rings. The minimum Gasteiger partial charge on any atom is -0.421 e.